The Balaban J connectivity index is 1.71. The van der Waals surface area contributed by atoms with Crippen molar-refractivity contribution in [1.29, 1.82) is 0 Å². The van der Waals surface area contributed by atoms with Gasteiger partial charge in [0.15, 0.2) is 11.5 Å². The Morgan fingerprint density at radius 1 is 1.29 bits per heavy atom. The van der Waals surface area contributed by atoms with E-state index >= 15 is 0 Å². The van der Waals surface area contributed by atoms with E-state index in [0.717, 1.165) is 11.4 Å². The summed E-state index contributed by atoms with van der Waals surface area (Å²) in [5, 5.41) is 16.4. The number of fused-ring (bicyclic) bond motifs is 1. The zero-order valence-electron chi connectivity index (χ0n) is 11.4. The molecular formula is C13H17N5O3. The van der Waals surface area contributed by atoms with Gasteiger partial charge < -0.3 is 31.4 Å². The summed E-state index contributed by atoms with van der Waals surface area (Å²) < 4.78 is 12.1. The van der Waals surface area contributed by atoms with E-state index in [2.05, 4.69) is 10.4 Å². The fourth-order valence-corrected chi connectivity index (χ4v) is 2.13. The minimum absolute atomic E-state index is 0.0413. The topological polar surface area (TPSA) is 121 Å². The lowest BCUT2D eigenvalue weighted by Crippen LogP contribution is -2.08. The summed E-state index contributed by atoms with van der Waals surface area (Å²) in [6.07, 6.45) is 0. The van der Waals surface area contributed by atoms with Gasteiger partial charge in [-0.1, -0.05) is 0 Å². The van der Waals surface area contributed by atoms with Crippen molar-refractivity contribution in [2.75, 3.05) is 30.2 Å². The number of anilines is 3. The second-order valence-electron chi connectivity index (χ2n) is 4.61. The van der Waals surface area contributed by atoms with Gasteiger partial charge in [0.2, 0.25) is 6.79 Å². The second-order valence-corrected chi connectivity index (χ2v) is 4.61. The van der Waals surface area contributed by atoms with Crippen LogP contribution in [0.25, 0.3) is 0 Å². The van der Waals surface area contributed by atoms with Crippen molar-refractivity contribution in [3.05, 3.63) is 23.9 Å². The molecule has 0 fully saturated rings. The summed E-state index contributed by atoms with van der Waals surface area (Å²) in [4.78, 5) is 0. The molecule has 0 saturated heterocycles. The highest BCUT2D eigenvalue weighted by molar-refractivity contribution is 5.63. The van der Waals surface area contributed by atoms with E-state index in [1.807, 2.05) is 18.2 Å². The van der Waals surface area contributed by atoms with E-state index in [1.165, 1.54) is 4.68 Å². The number of nitrogens with zero attached hydrogens (tertiary/aromatic N) is 2. The summed E-state index contributed by atoms with van der Waals surface area (Å²) in [5.74, 6) is 1.81. The number of nitrogen functional groups attached to an aromatic ring is 2. The van der Waals surface area contributed by atoms with Crippen molar-refractivity contribution in [3.63, 3.8) is 0 Å². The minimum atomic E-state index is -0.0413. The average molecular weight is 291 g/mol. The van der Waals surface area contributed by atoms with Crippen LogP contribution in [0.1, 0.15) is 5.69 Å². The molecule has 1 aliphatic rings. The lowest BCUT2D eigenvalue weighted by Gasteiger charge is -2.06. The van der Waals surface area contributed by atoms with Gasteiger partial charge in [-0.25, -0.2) is 4.68 Å². The predicted octanol–water partition coefficient (Wildman–Crippen LogP) is 0.381. The Hall–Kier alpha value is -2.61. The summed E-state index contributed by atoms with van der Waals surface area (Å²) in [7, 11) is 0. The molecule has 1 aromatic carbocycles. The van der Waals surface area contributed by atoms with Gasteiger partial charge in [0.05, 0.1) is 25.4 Å². The normalized spacial score (nSPS) is 12.6. The van der Waals surface area contributed by atoms with Crippen LogP contribution in [-0.4, -0.2) is 28.3 Å². The van der Waals surface area contributed by atoms with Gasteiger partial charge >= 0.3 is 0 Å². The van der Waals surface area contributed by atoms with Gasteiger partial charge in [0.1, 0.15) is 11.5 Å². The average Bonchev–Trinajstić information content (AvgIpc) is 3.05. The summed E-state index contributed by atoms with van der Waals surface area (Å²) >= 11 is 0. The minimum Gasteiger partial charge on any atom is -0.454 e. The maximum atomic E-state index is 8.94. The largest absolute Gasteiger partial charge is 0.454 e. The van der Waals surface area contributed by atoms with Crippen molar-refractivity contribution in [3.8, 4) is 11.5 Å². The van der Waals surface area contributed by atoms with Crippen molar-refractivity contribution in [2.45, 2.75) is 13.1 Å². The van der Waals surface area contributed by atoms with E-state index in [-0.39, 0.29) is 13.4 Å². The monoisotopic (exact) mass is 291 g/mol. The summed E-state index contributed by atoms with van der Waals surface area (Å²) in [6, 6.07) is 5.58. The van der Waals surface area contributed by atoms with Crippen LogP contribution in [-0.2, 0) is 13.1 Å². The Labute approximate surface area is 121 Å². The molecule has 2 heterocycles. The molecule has 21 heavy (non-hydrogen) atoms. The molecule has 3 rings (SSSR count). The molecule has 0 amide bonds. The molecule has 0 unspecified atom stereocenters. The van der Waals surface area contributed by atoms with E-state index in [0.29, 0.717) is 36.0 Å². The number of aliphatic hydroxyl groups is 1. The Bertz CT molecular complexity index is 655. The lowest BCUT2D eigenvalue weighted by molar-refractivity contribution is 0.174. The number of aromatic nitrogens is 2. The molecule has 2 aromatic rings. The third-order valence-electron chi connectivity index (χ3n) is 3.25. The van der Waals surface area contributed by atoms with Gasteiger partial charge in [-0.2, -0.15) is 5.10 Å². The molecule has 0 atom stereocenters. The van der Waals surface area contributed by atoms with Crippen LogP contribution in [0.2, 0.25) is 0 Å². The number of hydrogen-bond acceptors (Lipinski definition) is 7. The second kappa shape index (κ2) is 5.41. The summed E-state index contributed by atoms with van der Waals surface area (Å²) in [6.45, 7) is 0.947. The molecule has 1 aliphatic heterocycles. The maximum absolute atomic E-state index is 8.94. The third kappa shape index (κ3) is 2.52. The van der Waals surface area contributed by atoms with Crippen LogP contribution in [0.3, 0.4) is 0 Å². The molecule has 0 radical (unpaired) electrons. The highest BCUT2D eigenvalue weighted by Crippen LogP contribution is 2.34. The van der Waals surface area contributed by atoms with Crippen molar-refractivity contribution < 1.29 is 14.6 Å². The highest BCUT2D eigenvalue weighted by Gasteiger charge is 2.15. The van der Waals surface area contributed by atoms with Crippen molar-refractivity contribution in [2.24, 2.45) is 0 Å². The molecule has 0 aliphatic carbocycles. The Morgan fingerprint density at radius 3 is 2.90 bits per heavy atom. The Morgan fingerprint density at radius 2 is 2.10 bits per heavy atom. The zero-order valence-corrected chi connectivity index (χ0v) is 11.4. The third-order valence-corrected chi connectivity index (χ3v) is 3.25. The molecular weight excluding hydrogens is 274 g/mol. The molecule has 8 heteroatoms. The first-order valence-corrected chi connectivity index (χ1v) is 6.54. The number of nitrogens with two attached hydrogens (primary N) is 2. The van der Waals surface area contributed by atoms with Gasteiger partial charge in [-0.15, -0.1) is 0 Å². The van der Waals surface area contributed by atoms with Crippen LogP contribution >= 0.6 is 0 Å². The highest BCUT2D eigenvalue weighted by atomic mass is 16.7. The molecule has 1 aromatic heterocycles. The first-order valence-electron chi connectivity index (χ1n) is 6.54. The first-order chi connectivity index (χ1) is 10.2. The van der Waals surface area contributed by atoms with E-state index < -0.39 is 0 Å². The molecule has 0 spiro atoms. The standard InChI is InChI=1S/C13H17N5O3/c14-12-9(17-18(3-4-19)13(12)15)6-16-8-1-2-10-11(5-8)21-7-20-10/h1-2,5,16,19H,3-4,6-7,14-15H2. The molecule has 8 nitrogen and oxygen atoms in total. The van der Waals surface area contributed by atoms with Crippen molar-refractivity contribution in [1.82, 2.24) is 9.78 Å². The predicted molar refractivity (Wildman–Crippen MR) is 78.0 cm³/mol. The molecule has 112 valence electrons. The Kier molecular flexibility index (Phi) is 3.44. The number of benzene rings is 1. The van der Waals surface area contributed by atoms with Gasteiger partial charge in [-0.05, 0) is 12.1 Å². The number of nitrogens with one attached hydrogen (secondary N) is 1. The fraction of sp³-hybridized carbons (Fsp3) is 0.308. The maximum Gasteiger partial charge on any atom is 0.231 e. The smallest absolute Gasteiger partial charge is 0.231 e. The van der Waals surface area contributed by atoms with Crippen LogP contribution in [0.5, 0.6) is 11.5 Å². The number of rotatable bonds is 5. The van der Waals surface area contributed by atoms with Gasteiger partial charge in [0.25, 0.3) is 0 Å². The van der Waals surface area contributed by atoms with E-state index in [4.69, 9.17) is 26.0 Å². The fourth-order valence-electron chi connectivity index (χ4n) is 2.13. The van der Waals surface area contributed by atoms with Gasteiger partial charge in [0, 0.05) is 11.8 Å². The van der Waals surface area contributed by atoms with E-state index in [1.54, 1.807) is 0 Å². The zero-order chi connectivity index (χ0) is 14.8. The molecule has 0 bridgehead atoms. The van der Waals surface area contributed by atoms with Crippen LogP contribution in [0.4, 0.5) is 17.2 Å². The number of aliphatic hydroxyl groups excluding tert-OH is 1. The van der Waals surface area contributed by atoms with Crippen LogP contribution in [0.15, 0.2) is 18.2 Å². The first kappa shape index (κ1) is 13.4. The SMILES string of the molecule is Nc1c(CNc2ccc3c(c2)OCO3)nn(CCO)c1N. The molecule has 0 saturated carbocycles. The number of hydrogen-bond donors (Lipinski definition) is 4. The quantitative estimate of drug-likeness (QED) is 0.628. The van der Waals surface area contributed by atoms with E-state index in [9.17, 15) is 0 Å². The summed E-state index contributed by atoms with van der Waals surface area (Å²) in [5.41, 5.74) is 13.7. The number of ether oxygens (including phenoxy) is 2. The van der Waals surface area contributed by atoms with Gasteiger partial charge in [-0.3, -0.25) is 0 Å². The van der Waals surface area contributed by atoms with Crippen LogP contribution in [0, 0.1) is 0 Å². The van der Waals surface area contributed by atoms with Crippen molar-refractivity contribution >= 4 is 17.2 Å². The van der Waals surface area contributed by atoms with Crippen LogP contribution < -0.4 is 26.3 Å². The molecule has 6 N–H and O–H groups in total. The lowest BCUT2D eigenvalue weighted by atomic mass is 10.2.